The highest BCUT2D eigenvalue weighted by Crippen LogP contribution is 2.60. The van der Waals surface area contributed by atoms with Gasteiger partial charge in [-0.1, -0.05) is 6.92 Å². The van der Waals surface area contributed by atoms with E-state index in [4.69, 9.17) is 9.47 Å². The van der Waals surface area contributed by atoms with Gasteiger partial charge in [0.05, 0.1) is 19.8 Å². The van der Waals surface area contributed by atoms with Gasteiger partial charge in [-0.15, -0.1) is 12.4 Å². The van der Waals surface area contributed by atoms with Gasteiger partial charge >= 0.3 is 0 Å². The van der Waals surface area contributed by atoms with Crippen LogP contribution in [0.2, 0.25) is 0 Å². The van der Waals surface area contributed by atoms with Crippen LogP contribution in [0.1, 0.15) is 38.2 Å². The van der Waals surface area contributed by atoms with E-state index in [-0.39, 0.29) is 35.7 Å². The fourth-order valence-electron chi connectivity index (χ4n) is 5.61. The number of methoxy groups -OCH3 is 2. The molecule has 0 aromatic heterocycles. The first-order valence-corrected chi connectivity index (χ1v) is 8.78. The lowest BCUT2D eigenvalue weighted by Crippen LogP contribution is -2.59. The van der Waals surface area contributed by atoms with Gasteiger partial charge in [-0.25, -0.2) is 4.39 Å². The molecule has 2 bridgehead atoms. The molecule has 1 N–H and O–H groups in total. The zero-order valence-electron chi connectivity index (χ0n) is 16.2. The van der Waals surface area contributed by atoms with E-state index in [1.165, 1.54) is 0 Å². The lowest BCUT2D eigenvalue weighted by atomic mass is 9.62. The Morgan fingerprint density at radius 2 is 1.56 bits per heavy atom. The molecule has 4 unspecified atom stereocenters. The summed E-state index contributed by atoms with van der Waals surface area (Å²) in [6.45, 7) is 2.06. The first-order chi connectivity index (χ1) is 12.1. The number of halogens is 4. The Hall–Kier alpha value is -1.18. The van der Waals surface area contributed by atoms with E-state index in [0.29, 0.717) is 0 Å². The number of likely N-dealkylation sites (N-methyl/N-ethyl adjacent to an activating group) is 1. The van der Waals surface area contributed by atoms with Crippen LogP contribution in [-0.2, 0) is 5.60 Å². The van der Waals surface area contributed by atoms with Gasteiger partial charge in [0.2, 0.25) is 11.6 Å². The maximum Gasteiger partial charge on any atom is 0.207 e. The fourth-order valence-corrected chi connectivity index (χ4v) is 5.61. The maximum atomic E-state index is 15.2. The Morgan fingerprint density at radius 1 is 1.00 bits per heavy atom. The van der Waals surface area contributed by atoms with Crippen molar-refractivity contribution in [2.24, 2.45) is 11.3 Å². The third-order valence-electron chi connectivity index (χ3n) is 6.19. The van der Waals surface area contributed by atoms with Crippen LogP contribution in [-0.4, -0.2) is 44.4 Å². The van der Waals surface area contributed by atoms with E-state index in [1.807, 2.05) is 4.90 Å². The molecule has 0 spiro atoms. The Bertz CT molecular complexity index is 733. The van der Waals surface area contributed by atoms with Crippen LogP contribution in [0.15, 0.2) is 0 Å². The van der Waals surface area contributed by atoms with Gasteiger partial charge in [-0.05, 0) is 51.1 Å². The summed E-state index contributed by atoms with van der Waals surface area (Å²) in [7, 11) is 5.82. The Labute approximate surface area is 164 Å². The maximum absolute atomic E-state index is 15.2. The van der Waals surface area contributed by atoms with Crippen LogP contribution in [0.3, 0.4) is 0 Å². The predicted octanol–water partition coefficient (Wildman–Crippen LogP) is 3.87. The van der Waals surface area contributed by atoms with Gasteiger partial charge in [0, 0.05) is 6.04 Å². The van der Waals surface area contributed by atoms with Crippen molar-refractivity contribution in [1.82, 2.24) is 4.90 Å². The zero-order chi connectivity index (χ0) is 19.4. The molecule has 0 radical (unpaired) electrons. The summed E-state index contributed by atoms with van der Waals surface area (Å²) in [6, 6.07) is -0.480. The Kier molecular flexibility index (Phi) is 6.01. The van der Waals surface area contributed by atoms with Crippen LogP contribution >= 0.6 is 12.4 Å². The minimum Gasteiger partial charge on any atom is -0.493 e. The third kappa shape index (κ3) is 3.08. The van der Waals surface area contributed by atoms with Crippen LogP contribution in [0.25, 0.3) is 0 Å². The number of fused-ring (bicyclic) bond motifs is 2. The first-order valence-electron chi connectivity index (χ1n) is 8.78. The van der Waals surface area contributed by atoms with Crippen molar-refractivity contribution in [3.63, 3.8) is 0 Å². The monoisotopic (exact) mass is 409 g/mol. The quantitative estimate of drug-likeness (QED) is 0.766. The van der Waals surface area contributed by atoms with Gasteiger partial charge in [-0.2, -0.15) is 8.78 Å². The third-order valence-corrected chi connectivity index (χ3v) is 6.19. The molecular formula is C19H27ClF3NO3. The van der Waals surface area contributed by atoms with Gasteiger partial charge in [0.15, 0.2) is 17.3 Å². The number of benzene rings is 1. The predicted molar refractivity (Wildman–Crippen MR) is 98.1 cm³/mol. The molecule has 3 rings (SSSR count). The molecule has 0 amide bonds. The second-order valence-electron chi connectivity index (χ2n) is 8.14. The van der Waals surface area contributed by atoms with Gasteiger partial charge < -0.3 is 19.5 Å². The first kappa shape index (κ1) is 22.1. The van der Waals surface area contributed by atoms with Crippen molar-refractivity contribution >= 4 is 12.4 Å². The molecule has 8 heteroatoms. The summed E-state index contributed by atoms with van der Waals surface area (Å²) >= 11 is 0. The van der Waals surface area contributed by atoms with Crippen LogP contribution in [0.5, 0.6) is 11.5 Å². The van der Waals surface area contributed by atoms with Gasteiger partial charge in [0.1, 0.15) is 5.60 Å². The van der Waals surface area contributed by atoms with Crippen LogP contribution in [0.4, 0.5) is 13.2 Å². The highest BCUT2D eigenvalue weighted by Gasteiger charge is 2.60. The summed E-state index contributed by atoms with van der Waals surface area (Å²) in [5, 5.41) is 11.7. The van der Waals surface area contributed by atoms with Gasteiger partial charge in [0.25, 0.3) is 0 Å². The molecule has 27 heavy (non-hydrogen) atoms. The SMILES string of the molecule is COc1c(F)c(F)c(OC)c(C2(O)CC3CCC(C)(C3)C2N(C)C)c1F.Cl. The summed E-state index contributed by atoms with van der Waals surface area (Å²) in [4.78, 5) is 1.84. The molecule has 2 aliphatic carbocycles. The smallest absolute Gasteiger partial charge is 0.207 e. The van der Waals surface area contributed by atoms with E-state index < -0.39 is 40.6 Å². The molecule has 0 aliphatic heterocycles. The fraction of sp³-hybridized carbons (Fsp3) is 0.684. The van der Waals surface area contributed by atoms with Crippen LogP contribution in [0, 0.1) is 28.8 Å². The molecule has 0 saturated heterocycles. The molecule has 2 aliphatic rings. The van der Waals surface area contributed by atoms with Crippen molar-refractivity contribution in [2.75, 3.05) is 28.3 Å². The van der Waals surface area contributed by atoms with Crippen molar-refractivity contribution < 1.29 is 27.8 Å². The zero-order valence-corrected chi connectivity index (χ0v) is 17.1. The largest absolute Gasteiger partial charge is 0.493 e. The summed E-state index contributed by atoms with van der Waals surface area (Å²) in [6.07, 6.45) is 2.96. The second kappa shape index (κ2) is 7.33. The molecule has 0 heterocycles. The second-order valence-corrected chi connectivity index (χ2v) is 8.14. The van der Waals surface area contributed by atoms with E-state index in [1.54, 1.807) is 14.1 Å². The van der Waals surface area contributed by atoms with E-state index in [2.05, 4.69) is 6.92 Å². The summed E-state index contributed by atoms with van der Waals surface area (Å²) in [5.74, 6) is -5.17. The molecule has 4 nitrogen and oxygen atoms in total. The van der Waals surface area contributed by atoms with E-state index >= 15 is 4.39 Å². The standard InChI is InChI=1S/C19H26F3NO3.ClH/c1-18-7-6-10(8-18)9-19(24,17(18)23(2)3)11-12(20)16(26-5)14(22)13(21)15(11)25-4;/h10,17,24H,6-9H2,1-5H3;1H. The molecule has 2 saturated carbocycles. The summed E-state index contributed by atoms with van der Waals surface area (Å²) < 4.78 is 53.8. The topological polar surface area (TPSA) is 41.9 Å². The minimum absolute atomic E-state index is 0. The van der Waals surface area contributed by atoms with Crippen molar-refractivity contribution in [2.45, 2.75) is 44.2 Å². The highest BCUT2D eigenvalue weighted by atomic mass is 35.5. The Morgan fingerprint density at radius 3 is 2.07 bits per heavy atom. The number of nitrogens with zero attached hydrogens (tertiary/aromatic N) is 1. The average Bonchev–Trinajstić information content (AvgIpc) is 2.86. The molecule has 2 fully saturated rings. The number of hydrogen-bond donors (Lipinski definition) is 1. The summed E-state index contributed by atoms with van der Waals surface area (Å²) in [5.41, 5.74) is -2.35. The van der Waals surface area contributed by atoms with Crippen molar-refractivity contribution in [1.29, 1.82) is 0 Å². The lowest BCUT2D eigenvalue weighted by molar-refractivity contribution is -0.124. The van der Waals surface area contributed by atoms with E-state index in [0.717, 1.165) is 33.5 Å². The number of ether oxygens (including phenoxy) is 2. The lowest BCUT2D eigenvalue weighted by Gasteiger charge is -2.52. The molecular weight excluding hydrogens is 383 g/mol. The number of aliphatic hydroxyl groups is 1. The average molecular weight is 410 g/mol. The van der Waals surface area contributed by atoms with Crippen molar-refractivity contribution in [3.8, 4) is 11.5 Å². The molecule has 154 valence electrons. The van der Waals surface area contributed by atoms with Crippen molar-refractivity contribution in [3.05, 3.63) is 23.0 Å². The van der Waals surface area contributed by atoms with Crippen LogP contribution < -0.4 is 9.47 Å². The normalized spacial score (nSPS) is 32.4. The molecule has 1 aromatic carbocycles. The number of hydrogen-bond acceptors (Lipinski definition) is 4. The number of rotatable bonds is 4. The Balaban J connectivity index is 0.00000261. The molecule has 4 atom stereocenters. The van der Waals surface area contributed by atoms with Gasteiger partial charge in [-0.3, -0.25) is 0 Å². The van der Waals surface area contributed by atoms with E-state index in [9.17, 15) is 13.9 Å². The molecule has 1 aromatic rings. The highest BCUT2D eigenvalue weighted by molar-refractivity contribution is 5.85. The minimum atomic E-state index is -1.73.